The normalized spacial score (nSPS) is 34.4. The summed E-state index contributed by atoms with van der Waals surface area (Å²) in [6, 6.07) is 17.8. The van der Waals surface area contributed by atoms with Crippen LogP contribution in [0.4, 0.5) is 0 Å². The summed E-state index contributed by atoms with van der Waals surface area (Å²) >= 11 is 3.44. The van der Waals surface area contributed by atoms with Crippen molar-refractivity contribution in [1.29, 1.82) is 0 Å². The van der Waals surface area contributed by atoms with E-state index in [0.29, 0.717) is 26.2 Å². The Morgan fingerprint density at radius 2 is 1.72 bits per heavy atom. The quantitative estimate of drug-likeness (QED) is 0.625. The predicted octanol–water partition coefficient (Wildman–Crippen LogP) is 3.92. The van der Waals surface area contributed by atoms with E-state index >= 15 is 0 Å². The summed E-state index contributed by atoms with van der Waals surface area (Å²) in [4.78, 5) is 0. The van der Waals surface area contributed by atoms with E-state index in [2.05, 4.69) is 15.9 Å². The maximum Gasteiger partial charge on any atom is 0.184 e. The lowest BCUT2D eigenvalue weighted by Crippen LogP contribution is -2.62. The number of benzene rings is 2. The molecule has 7 atom stereocenters. The molecule has 2 aromatic carbocycles. The van der Waals surface area contributed by atoms with Crippen molar-refractivity contribution in [1.82, 2.24) is 0 Å². The first-order chi connectivity index (χ1) is 15.7. The van der Waals surface area contributed by atoms with Crippen molar-refractivity contribution in [2.75, 3.05) is 13.2 Å². The van der Waals surface area contributed by atoms with Gasteiger partial charge < -0.3 is 28.8 Å². The lowest BCUT2D eigenvalue weighted by molar-refractivity contribution is -0.333. The molecule has 32 heavy (non-hydrogen) atoms. The lowest BCUT2D eigenvalue weighted by Gasteiger charge is -2.47. The van der Waals surface area contributed by atoms with Crippen LogP contribution in [0.1, 0.15) is 23.8 Å². The number of aliphatic hydroxyl groups excluding tert-OH is 1. The molecule has 0 radical (unpaired) electrons. The van der Waals surface area contributed by atoms with Crippen molar-refractivity contribution in [3.05, 3.63) is 82.3 Å². The molecule has 1 N–H and O–H groups in total. The smallest absolute Gasteiger partial charge is 0.184 e. The fourth-order valence-electron chi connectivity index (χ4n) is 4.40. The molecule has 2 saturated heterocycles. The van der Waals surface area contributed by atoms with Crippen LogP contribution in [0, 0.1) is 0 Å². The number of fused-ring (bicyclic) bond motifs is 2. The lowest BCUT2D eigenvalue weighted by atomic mass is 9.92. The molecule has 0 saturated carbocycles. The average Bonchev–Trinajstić information content (AvgIpc) is 3.03. The Morgan fingerprint density at radius 3 is 2.53 bits per heavy atom. The second-order valence-corrected chi connectivity index (χ2v) is 9.24. The van der Waals surface area contributed by atoms with Gasteiger partial charge in [-0.05, 0) is 24.1 Å². The van der Waals surface area contributed by atoms with E-state index in [-0.39, 0.29) is 18.3 Å². The summed E-state index contributed by atoms with van der Waals surface area (Å²) in [5, 5.41) is 11.2. The average molecular weight is 503 g/mol. The van der Waals surface area contributed by atoms with E-state index in [9.17, 15) is 5.11 Å². The van der Waals surface area contributed by atoms with Crippen LogP contribution >= 0.6 is 15.9 Å². The van der Waals surface area contributed by atoms with Crippen LogP contribution < -0.4 is 0 Å². The largest absolute Gasteiger partial charge is 0.387 e. The molecule has 0 amide bonds. The summed E-state index contributed by atoms with van der Waals surface area (Å²) in [7, 11) is 0. The number of rotatable bonds is 5. The first kappa shape index (κ1) is 22.2. The molecule has 0 aromatic heterocycles. The van der Waals surface area contributed by atoms with Crippen LogP contribution in [0.2, 0.25) is 0 Å². The summed E-state index contributed by atoms with van der Waals surface area (Å²) in [6.07, 6.45) is 1.50. The van der Waals surface area contributed by atoms with Crippen LogP contribution in [-0.4, -0.2) is 54.9 Å². The third-order valence-corrected chi connectivity index (χ3v) is 6.56. The summed E-state index contributed by atoms with van der Waals surface area (Å²) in [5.74, 6) is 0. The van der Waals surface area contributed by atoms with Gasteiger partial charge in [0.25, 0.3) is 0 Å². The highest BCUT2D eigenvalue weighted by atomic mass is 79.9. The number of aliphatic hydroxyl groups is 1. The molecule has 170 valence electrons. The molecular formula is C25H27BrO6. The summed E-state index contributed by atoms with van der Waals surface area (Å²) < 4.78 is 31.4. The maximum absolute atomic E-state index is 11.2. The van der Waals surface area contributed by atoms with Crippen LogP contribution in [-0.2, 0) is 30.3 Å². The SMILES string of the molecule is O[C@@H]1[C@H]2O[C@@H](COCc3ccc(Br)cc3)C=CC[C@@H]2O[C@@H]2CO[C@@H](c3ccccc3)O[C@@H]12. The molecule has 7 heteroatoms. The Hall–Kier alpha value is -1.58. The zero-order chi connectivity index (χ0) is 21.9. The van der Waals surface area contributed by atoms with Crippen LogP contribution in [0.3, 0.4) is 0 Å². The molecule has 3 aliphatic rings. The van der Waals surface area contributed by atoms with Crippen molar-refractivity contribution in [3.8, 4) is 0 Å². The molecule has 5 rings (SSSR count). The van der Waals surface area contributed by atoms with E-state index in [0.717, 1.165) is 15.6 Å². The topological polar surface area (TPSA) is 66.4 Å². The van der Waals surface area contributed by atoms with Crippen LogP contribution in [0.25, 0.3) is 0 Å². The zero-order valence-corrected chi connectivity index (χ0v) is 19.2. The zero-order valence-electron chi connectivity index (χ0n) is 17.6. The van der Waals surface area contributed by atoms with E-state index in [4.69, 9.17) is 23.7 Å². The number of hydrogen-bond donors (Lipinski definition) is 1. The number of halogens is 1. The van der Waals surface area contributed by atoms with Gasteiger partial charge in [-0.15, -0.1) is 0 Å². The van der Waals surface area contributed by atoms with Gasteiger partial charge in [0, 0.05) is 10.0 Å². The van der Waals surface area contributed by atoms with Crippen molar-refractivity contribution in [3.63, 3.8) is 0 Å². The van der Waals surface area contributed by atoms with Gasteiger partial charge in [-0.3, -0.25) is 0 Å². The Balaban J connectivity index is 1.20. The second-order valence-electron chi connectivity index (χ2n) is 8.32. The van der Waals surface area contributed by atoms with Gasteiger partial charge in [0.15, 0.2) is 6.29 Å². The van der Waals surface area contributed by atoms with Gasteiger partial charge in [0.1, 0.15) is 24.4 Å². The van der Waals surface area contributed by atoms with Gasteiger partial charge in [-0.2, -0.15) is 0 Å². The molecule has 0 aliphatic carbocycles. The third kappa shape index (κ3) is 4.99. The van der Waals surface area contributed by atoms with Gasteiger partial charge >= 0.3 is 0 Å². The maximum atomic E-state index is 11.2. The van der Waals surface area contributed by atoms with Gasteiger partial charge in [0.2, 0.25) is 0 Å². The highest BCUT2D eigenvalue weighted by molar-refractivity contribution is 9.10. The van der Waals surface area contributed by atoms with E-state index in [1.165, 1.54) is 0 Å². The standard InChI is InChI=1S/C25H27BrO6/c26-18-11-9-16(10-12-18)13-28-14-19-7-4-8-20-23(30-19)22(27)24-21(31-20)15-29-25(32-24)17-5-2-1-3-6-17/h1-7,9-12,19-25,27H,8,13-15H2/t19-,20+,21-,22-,23+,24-,25-/m1/s1. The Kier molecular flexibility index (Phi) is 7.04. The van der Waals surface area contributed by atoms with E-state index < -0.39 is 24.6 Å². The number of ether oxygens (including phenoxy) is 5. The Morgan fingerprint density at radius 1 is 0.938 bits per heavy atom. The van der Waals surface area contributed by atoms with Crippen molar-refractivity contribution < 1.29 is 28.8 Å². The number of hydrogen-bond acceptors (Lipinski definition) is 6. The van der Waals surface area contributed by atoms with Crippen LogP contribution in [0.15, 0.2) is 71.2 Å². The monoisotopic (exact) mass is 502 g/mol. The molecule has 3 aliphatic heterocycles. The molecule has 3 heterocycles. The fraction of sp³-hybridized carbons (Fsp3) is 0.440. The van der Waals surface area contributed by atoms with Crippen molar-refractivity contribution >= 4 is 15.9 Å². The molecule has 0 spiro atoms. The van der Waals surface area contributed by atoms with Crippen LogP contribution in [0.5, 0.6) is 0 Å². The molecule has 0 bridgehead atoms. The predicted molar refractivity (Wildman–Crippen MR) is 121 cm³/mol. The first-order valence-electron chi connectivity index (χ1n) is 11.0. The third-order valence-electron chi connectivity index (χ3n) is 6.04. The van der Waals surface area contributed by atoms with Gasteiger partial charge in [-0.1, -0.05) is 70.5 Å². The highest BCUT2D eigenvalue weighted by Crippen LogP contribution is 2.37. The molecule has 0 unspecified atom stereocenters. The minimum atomic E-state index is -0.817. The molecule has 6 nitrogen and oxygen atoms in total. The Bertz CT molecular complexity index is 904. The van der Waals surface area contributed by atoms with E-state index in [1.807, 2.05) is 66.7 Å². The highest BCUT2D eigenvalue weighted by Gasteiger charge is 2.50. The van der Waals surface area contributed by atoms with Gasteiger partial charge in [0.05, 0.1) is 32.0 Å². The first-order valence-corrected chi connectivity index (χ1v) is 11.8. The van der Waals surface area contributed by atoms with Crippen molar-refractivity contribution in [2.24, 2.45) is 0 Å². The molecule has 2 aromatic rings. The minimum absolute atomic E-state index is 0.251. The van der Waals surface area contributed by atoms with E-state index in [1.54, 1.807) is 0 Å². The van der Waals surface area contributed by atoms with Gasteiger partial charge in [-0.25, -0.2) is 0 Å². The fourth-order valence-corrected chi connectivity index (χ4v) is 4.66. The summed E-state index contributed by atoms with van der Waals surface area (Å²) in [6.45, 7) is 1.26. The minimum Gasteiger partial charge on any atom is -0.387 e. The Labute approximate surface area is 196 Å². The molecular weight excluding hydrogens is 476 g/mol. The second kappa shape index (κ2) is 10.1. The molecule has 2 fully saturated rings. The van der Waals surface area contributed by atoms with Crippen molar-refractivity contribution in [2.45, 2.75) is 55.9 Å². The summed E-state index contributed by atoms with van der Waals surface area (Å²) in [5.41, 5.74) is 2.01.